The van der Waals surface area contributed by atoms with Crippen molar-refractivity contribution in [1.29, 1.82) is 0 Å². The maximum absolute atomic E-state index is 13.7. The van der Waals surface area contributed by atoms with Crippen LogP contribution in [0.15, 0.2) is 78.4 Å². The van der Waals surface area contributed by atoms with E-state index in [1.165, 1.54) is 12.1 Å². The fourth-order valence-electron chi connectivity index (χ4n) is 3.35. The lowest BCUT2D eigenvalue weighted by molar-refractivity contribution is -0.122. The van der Waals surface area contributed by atoms with Gasteiger partial charge < -0.3 is 9.47 Å². The first-order valence-electron chi connectivity index (χ1n) is 10.6. The van der Waals surface area contributed by atoms with E-state index in [1.54, 1.807) is 66.7 Å². The first kappa shape index (κ1) is 22.7. The highest BCUT2D eigenvalue weighted by Crippen LogP contribution is 2.25. The van der Waals surface area contributed by atoms with E-state index in [0.717, 1.165) is 4.90 Å². The molecule has 1 N–H and O–H groups in total. The lowest BCUT2D eigenvalue weighted by atomic mass is 10.1. The molecule has 172 valence electrons. The highest BCUT2D eigenvalue weighted by Gasteiger charge is 2.36. The van der Waals surface area contributed by atoms with Crippen molar-refractivity contribution in [2.75, 3.05) is 11.5 Å². The number of rotatable bonds is 7. The van der Waals surface area contributed by atoms with Gasteiger partial charge in [-0.2, -0.15) is 0 Å². The Labute approximate surface area is 195 Å². The van der Waals surface area contributed by atoms with Gasteiger partial charge in [-0.1, -0.05) is 30.3 Å². The molecule has 0 unspecified atom stereocenters. The molecule has 3 aromatic carbocycles. The molecule has 7 nitrogen and oxygen atoms in total. The molecule has 0 spiro atoms. The Bertz CT molecular complexity index is 1250. The van der Waals surface area contributed by atoms with E-state index in [0.29, 0.717) is 34.9 Å². The average molecular weight is 460 g/mol. The molecule has 0 aromatic heterocycles. The predicted octanol–water partition coefficient (Wildman–Crippen LogP) is 4.47. The first-order chi connectivity index (χ1) is 16.5. The number of halogens is 1. The molecule has 3 aromatic rings. The summed E-state index contributed by atoms with van der Waals surface area (Å²) in [4.78, 5) is 38.6. The first-order valence-corrected chi connectivity index (χ1v) is 10.6. The van der Waals surface area contributed by atoms with Crippen molar-refractivity contribution in [3.8, 4) is 11.5 Å². The second kappa shape index (κ2) is 9.99. The second-order valence-corrected chi connectivity index (χ2v) is 7.33. The number of nitrogens with zero attached hydrogens (tertiary/aromatic N) is 1. The van der Waals surface area contributed by atoms with Crippen molar-refractivity contribution in [2.45, 2.75) is 13.5 Å². The molecule has 0 aliphatic carbocycles. The molecule has 1 fully saturated rings. The molecule has 1 aliphatic rings. The van der Waals surface area contributed by atoms with E-state index in [-0.39, 0.29) is 18.0 Å². The fraction of sp³-hybridized carbons (Fsp3) is 0.115. The second-order valence-electron chi connectivity index (χ2n) is 7.33. The molecular weight excluding hydrogens is 439 g/mol. The molecule has 0 saturated carbocycles. The van der Waals surface area contributed by atoms with Gasteiger partial charge in [-0.25, -0.2) is 14.1 Å². The van der Waals surface area contributed by atoms with Crippen molar-refractivity contribution < 1.29 is 28.2 Å². The summed E-state index contributed by atoms with van der Waals surface area (Å²) in [5, 5.41) is 2.19. The number of hydrogen-bond donors (Lipinski definition) is 1. The molecule has 4 amide bonds. The van der Waals surface area contributed by atoms with Crippen molar-refractivity contribution in [1.82, 2.24) is 5.32 Å². The van der Waals surface area contributed by atoms with Gasteiger partial charge in [-0.05, 0) is 61.0 Å². The van der Waals surface area contributed by atoms with Gasteiger partial charge in [0.15, 0.2) is 0 Å². The Balaban J connectivity index is 1.50. The van der Waals surface area contributed by atoms with Crippen LogP contribution in [0.3, 0.4) is 0 Å². The fourth-order valence-corrected chi connectivity index (χ4v) is 3.35. The third-order valence-corrected chi connectivity index (χ3v) is 5.05. The van der Waals surface area contributed by atoms with Crippen LogP contribution in [0.25, 0.3) is 6.08 Å². The Morgan fingerprint density at radius 2 is 1.53 bits per heavy atom. The minimum atomic E-state index is -0.826. The van der Waals surface area contributed by atoms with Crippen molar-refractivity contribution >= 4 is 29.6 Å². The molecule has 0 bridgehead atoms. The highest BCUT2D eigenvalue weighted by atomic mass is 19.1. The number of hydrogen-bond acceptors (Lipinski definition) is 5. The third kappa shape index (κ3) is 4.96. The minimum absolute atomic E-state index is 0.0627. The molecule has 1 saturated heterocycles. The summed E-state index contributed by atoms with van der Waals surface area (Å²) in [6.45, 7) is 2.39. The van der Waals surface area contributed by atoms with Gasteiger partial charge in [0.05, 0.1) is 12.3 Å². The van der Waals surface area contributed by atoms with E-state index >= 15 is 0 Å². The maximum Gasteiger partial charge on any atom is 0.335 e. The van der Waals surface area contributed by atoms with Crippen LogP contribution >= 0.6 is 0 Å². The number of benzene rings is 3. The number of amides is 4. The Kier molecular flexibility index (Phi) is 6.68. The number of nitrogens with one attached hydrogen (secondary N) is 1. The predicted molar refractivity (Wildman–Crippen MR) is 124 cm³/mol. The molecular formula is C26H21FN2O5. The molecule has 0 atom stereocenters. The van der Waals surface area contributed by atoms with Gasteiger partial charge in [0.2, 0.25) is 0 Å². The third-order valence-electron chi connectivity index (χ3n) is 5.05. The zero-order valence-electron chi connectivity index (χ0n) is 18.3. The van der Waals surface area contributed by atoms with Crippen LogP contribution in [0.2, 0.25) is 0 Å². The number of carbonyl (C=O) groups is 3. The van der Waals surface area contributed by atoms with E-state index in [1.807, 2.05) is 6.92 Å². The summed E-state index contributed by atoms with van der Waals surface area (Å²) in [7, 11) is 0. The maximum atomic E-state index is 13.7. The van der Waals surface area contributed by atoms with Gasteiger partial charge in [0.25, 0.3) is 11.8 Å². The van der Waals surface area contributed by atoms with Crippen LogP contribution in [0, 0.1) is 5.82 Å². The van der Waals surface area contributed by atoms with Crippen LogP contribution in [0.4, 0.5) is 14.9 Å². The standard InChI is InChI=1S/C26H21FN2O5/c1-2-33-20-13-9-19(10-14-20)29-25(31)22(24(30)28-26(29)32)15-17-7-11-21(12-8-17)34-16-18-5-3-4-6-23(18)27/h3-15H,2,16H2,1H3,(H,28,30,32)/b22-15+. The van der Waals surface area contributed by atoms with Crippen LogP contribution in [0.5, 0.6) is 11.5 Å². The Morgan fingerprint density at radius 1 is 0.882 bits per heavy atom. The van der Waals surface area contributed by atoms with Gasteiger partial charge >= 0.3 is 6.03 Å². The van der Waals surface area contributed by atoms with Crippen LogP contribution in [0.1, 0.15) is 18.1 Å². The summed E-state index contributed by atoms with van der Waals surface area (Å²) in [6, 6.07) is 18.5. The number of anilines is 1. The van der Waals surface area contributed by atoms with Crippen LogP contribution in [-0.2, 0) is 16.2 Å². The van der Waals surface area contributed by atoms with E-state index in [2.05, 4.69) is 5.32 Å². The minimum Gasteiger partial charge on any atom is -0.494 e. The molecule has 8 heteroatoms. The van der Waals surface area contributed by atoms with E-state index < -0.39 is 17.8 Å². The van der Waals surface area contributed by atoms with Crippen LogP contribution in [-0.4, -0.2) is 24.5 Å². The summed E-state index contributed by atoms with van der Waals surface area (Å²) in [5.41, 5.74) is 1.10. The highest BCUT2D eigenvalue weighted by molar-refractivity contribution is 6.39. The van der Waals surface area contributed by atoms with E-state index in [4.69, 9.17) is 9.47 Å². The summed E-state index contributed by atoms with van der Waals surface area (Å²) < 4.78 is 24.7. The molecule has 1 heterocycles. The Hall–Kier alpha value is -4.46. The number of barbiturate groups is 1. The van der Waals surface area contributed by atoms with Gasteiger partial charge in [-0.3, -0.25) is 14.9 Å². The van der Waals surface area contributed by atoms with Gasteiger partial charge in [0, 0.05) is 5.56 Å². The van der Waals surface area contributed by atoms with Crippen LogP contribution < -0.4 is 19.7 Å². The molecule has 0 radical (unpaired) electrons. The number of urea groups is 1. The lowest BCUT2D eigenvalue weighted by Gasteiger charge is -2.26. The smallest absolute Gasteiger partial charge is 0.335 e. The van der Waals surface area contributed by atoms with Crippen molar-refractivity contribution in [2.24, 2.45) is 0 Å². The van der Waals surface area contributed by atoms with Gasteiger partial charge in [0.1, 0.15) is 29.5 Å². The van der Waals surface area contributed by atoms with Crippen molar-refractivity contribution in [3.05, 3.63) is 95.3 Å². The zero-order valence-corrected chi connectivity index (χ0v) is 18.3. The zero-order chi connectivity index (χ0) is 24.1. The van der Waals surface area contributed by atoms with Crippen molar-refractivity contribution in [3.63, 3.8) is 0 Å². The van der Waals surface area contributed by atoms with Gasteiger partial charge in [-0.15, -0.1) is 0 Å². The normalized spacial score (nSPS) is 14.8. The number of imide groups is 2. The summed E-state index contributed by atoms with van der Waals surface area (Å²) in [6.07, 6.45) is 1.40. The quantitative estimate of drug-likeness (QED) is 0.415. The Morgan fingerprint density at radius 3 is 2.21 bits per heavy atom. The largest absolute Gasteiger partial charge is 0.494 e. The monoisotopic (exact) mass is 460 g/mol. The lowest BCUT2D eigenvalue weighted by Crippen LogP contribution is -2.54. The molecule has 34 heavy (non-hydrogen) atoms. The van der Waals surface area contributed by atoms with E-state index in [9.17, 15) is 18.8 Å². The SMILES string of the molecule is CCOc1ccc(N2C(=O)NC(=O)/C(=C\c3ccc(OCc4ccccc4F)cc3)C2=O)cc1. The average Bonchev–Trinajstić information content (AvgIpc) is 2.83. The summed E-state index contributed by atoms with van der Waals surface area (Å²) >= 11 is 0. The number of carbonyl (C=O) groups excluding carboxylic acids is 3. The molecule has 4 rings (SSSR count). The number of ether oxygens (including phenoxy) is 2. The topological polar surface area (TPSA) is 84.9 Å². The summed E-state index contributed by atoms with van der Waals surface area (Å²) in [5.74, 6) is -0.775. The molecule has 1 aliphatic heterocycles.